The maximum Gasteiger partial charge on any atom is 0.161 e. The minimum absolute atomic E-state index is 0.763. The fourth-order valence-electron chi connectivity index (χ4n) is 3.67. The van der Waals surface area contributed by atoms with Crippen LogP contribution in [-0.4, -0.2) is 37.3 Å². The molecule has 0 amide bonds. The second kappa shape index (κ2) is 8.82. The first-order valence-corrected chi connectivity index (χ1v) is 9.85. The zero-order chi connectivity index (χ0) is 20.1. The maximum atomic E-state index is 5.46. The van der Waals surface area contributed by atoms with E-state index in [-0.39, 0.29) is 0 Å². The van der Waals surface area contributed by atoms with E-state index in [0.29, 0.717) is 0 Å². The molecule has 0 bridgehead atoms. The van der Waals surface area contributed by atoms with E-state index in [1.807, 2.05) is 12.1 Å². The lowest BCUT2D eigenvalue weighted by atomic mass is 9.99. The number of ether oxygens (including phenoxy) is 2. The summed E-state index contributed by atoms with van der Waals surface area (Å²) in [5.74, 6) is 3.33. The molecule has 0 saturated heterocycles. The van der Waals surface area contributed by atoms with Gasteiger partial charge in [-0.05, 0) is 41.7 Å². The fourth-order valence-corrected chi connectivity index (χ4v) is 3.67. The second-order valence-electron chi connectivity index (χ2n) is 7.07. The van der Waals surface area contributed by atoms with Crippen molar-refractivity contribution in [3.8, 4) is 11.5 Å². The molecule has 0 atom stereocenters. The molecule has 1 aromatic heterocycles. The molecule has 6 heteroatoms. The molecule has 0 aliphatic carbocycles. The van der Waals surface area contributed by atoms with Gasteiger partial charge >= 0.3 is 0 Å². The Morgan fingerprint density at radius 3 is 2.48 bits per heavy atom. The number of hydrogen-bond acceptors (Lipinski definition) is 6. The topological polar surface area (TPSA) is 59.5 Å². The van der Waals surface area contributed by atoms with Crippen LogP contribution in [0.3, 0.4) is 0 Å². The fraction of sp³-hybridized carbons (Fsp3) is 0.304. The lowest BCUT2D eigenvalue weighted by Crippen LogP contribution is -2.31. The third-order valence-electron chi connectivity index (χ3n) is 5.26. The smallest absolute Gasteiger partial charge is 0.161 e. The molecule has 0 saturated carbocycles. The third kappa shape index (κ3) is 4.42. The van der Waals surface area contributed by atoms with Gasteiger partial charge in [0, 0.05) is 25.7 Å². The Labute approximate surface area is 171 Å². The number of hydrogen-bond donors (Lipinski definition) is 1. The van der Waals surface area contributed by atoms with Crippen molar-refractivity contribution in [2.45, 2.75) is 19.4 Å². The van der Waals surface area contributed by atoms with E-state index in [1.54, 1.807) is 20.5 Å². The number of benzene rings is 2. The summed E-state index contributed by atoms with van der Waals surface area (Å²) < 4.78 is 10.9. The van der Waals surface area contributed by atoms with Crippen LogP contribution in [0.4, 0.5) is 11.6 Å². The molecule has 1 aliphatic heterocycles. The van der Waals surface area contributed by atoms with Crippen molar-refractivity contribution < 1.29 is 9.47 Å². The van der Waals surface area contributed by atoms with Crippen molar-refractivity contribution in [3.05, 3.63) is 71.5 Å². The van der Waals surface area contributed by atoms with Gasteiger partial charge in [-0.2, -0.15) is 0 Å². The van der Waals surface area contributed by atoms with Crippen LogP contribution >= 0.6 is 0 Å². The molecule has 1 N–H and O–H groups in total. The molecule has 2 aromatic carbocycles. The molecular weight excluding hydrogens is 364 g/mol. The van der Waals surface area contributed by atoms with Crippen LogP contribution in [-0.2, 0) is 19.4 Å². The first-order valence-electron chi connectivity index (χ1n) is 9.85. The van der Waals surface area contributed by atoms with Gasteiger partial charge in [0.05, 0.1) is 14.2 Å². The van der Waals surface area contributed by atoms with Crippen LogP contribution in [0.5, 0.6) is 11.5 Å². The van der Waals surface area contributed by atoms with Gasteiger partial charge in [0.1, 0.15) is 18.0 Å². The number of nitrogens with zero attached hydrogens (tertiary/aromatic N) is 3. The Balaban J connectivity index is 1.43. The largest absolute Gasteiger partial charge is 0.493 e. The van der Waals surface area contributed by atoms with E-state index in [9.17, 15) is 0 Å². The number of nitrogens with one attached hydrogen (secondary N) is 1. The molecule has 4 rings (SSSR count). The molecule has 6 nitrogen and oxygen atoms in total. The van der Waals surface area contributed by atoms with E-state index >= 15 is 0 Å². The Morgan fingerprint density at radius 2 is 1.72 bits per heavy atom. The van der Waals surface area contributed by atoms with Gasteiger partial charge in [-0.25, -0.2) is 9.97 Å². The highest BCUT2D eigenvalue weighted by Gasteiger charge is 2.20. The van der Waals surface area contributed by atoms with Crippen molar-refractivity contribution in [2.75, 3.05) is 37.5 Å². The lowest BCUT2D eigenvalue weighted by molar-refractivity contribution is 0.353. The molecule has 150 valence electrons. The summed E-state index contributed by atoms with van der Waals surface area (Å²) in [6.07, 6.45) is 3.53. The molecule has 0 radical (unpaired) electrons. The van der Waals surface area contributed by atoms with Gasteiger partial charge in [-0.15, -0.1) is 0 Å². The zero-order valence-electron chi connectivity index (χ0n) is 16.9. The van der Waals surface area contributed by atoms with E-state index in [2.05, 4.69) is 56.6 Å². The molecule has 0 spiro atoms. The number of rotatable bonds is 7. The lowest BCUT2D eigenvalue weighted by Gasteiger charge is -2.30. The molecular formula is C23H26N4O2. The summed E-state index contributed by atoms with van der Waals surface area (Å²) in [4.78, 5) is 11.1. The van der Waals surface area contributed by atoms with Crippen molar-refractivity contribution in [3.63, 3.8) is 0 Å². The number of fused-ring (bicyclic) bond motifs is 1. The quantitative estimate of drug-likeness (QED) is 0.664. The first-order chi connectivity index (χ1) is 14.3. The Kier molecular flexibility index (Phi) is 5.79. The number of methoxy groups -OCH3 is 2. The highest BCUT2D eigenvalue weighted by Crippen LogP contribution is 2.34. The highest BCUT2D eigenvalue weighted by atomic mass is 16.5. The monoisotopic (exact) mass is 390 g/mol. The average molecular weight is 390 g/mol. The van der Waals surface area contributed by atoms with Crippen LogP contribution in [0.25, 0.3) is 0 Å². The zero-order valence-corrected chi connectivity index (χ0v) is 16.9. The van der Waals surface area contributed by atoms with Gasteiger partial charge in [-0.3, -0.25) is 0 Å². The Hall–Kier alpha value is -3.28. The van der Waals surface area contributed by atoms with Crippen molar-refractivity contribution in [2.24, 2.45) is 0 Å². The molecule has 0 unspecified atom stereocenters. The molecule has 2 heterocycles. The summed E-state index contributed by atoms with van der Waals surface area (Å²) >= 11 is 0. The van der Waals surface area contributed by atoms with E-state index in [4.69, 9.17) is 9.47 Å². The first kappa shape index (κ1) is 19.1. The van der Waals surface area contributed by atoms with E-state index < -0.39 is 0 Å². The van der Waals surface area contributed by atoms with Gasteiger partial charge < -0.3 is 19.7 Å². The van der Waals surface area contributed by atoms with Crippen LogP contribution < -0.4 is 19.7 Å². The highest BCUT2D eigenvalue weighted by molar-refractivity contribution is 5.54. The summed E-state index contributed by atoms with van der Waals surface area (Å²) in [7, 11) is 3.34. The van der Waals surface area contributed by atoms with Gasteiger partial charge in [0.25, 0.3) is 0 Å². The van der Waals surface area contributed by atoms with Crippen LogP contribution in [0.2, 0.25) is 0 Å². The third-order valence-corrected chi connectivity index (χ3v) is 5.26. The van der Waals surface area contributed by atoms with Gasteiger partial charge in [-0.1, -0.05) is 30.3 Å². The molecule has 1 aliphatic rings. The minimum atomic E-state index is 0.763. The summed E-state index contributed by atoms with van der Waals surface area (Å²) in [5, 5.41) is 3.41. The molecule has 3 aromatic rings. The second-order valence-corrected chi connectivity index (χ2v) is 7.07. The van der Waals surface area contributed by atoms with E-state index in [0.717, 1.165) is 55.6 Å². The van der Waals surface area contributed by atoms with Crippen molar-refractivity contribution >= 4 is 11.6 Å². The van der Waals surface area contributed by atoms with Crippen LogP contribution in [0, 0.1) is 0 Å². The predicted molar refractivity (Wildman–Crippen MR) is 115 cm³/mol. The normalized spacial score (nSPS) is 13.0. The standard InChI is InChI=1S/C23H26N4O2/c1-28-20-12-18-9-11-27(15-19(18)13-21(20)29-2)23-14-22(25-16-26-23)24-10-8-17-6-4-3-5-7-17/h3-7,12-14,16H,8-11,15H2,1-2H3,(H,24,25,26). The number of aromatic nitrogens is 2. The van der Waals surface area contributed by atoms with E-state index in [1.165, 1.54) is 16.7 Å². The summed E-state index contributed by atoms with van der Waals surface area (Å²) in [6.45, 7) is 2.53. The maximum absolute atomic E-state index is 5.46. The predicted octanol–water partition coefficient (Wildman–Crippen LogP) is 3.71. The summed E-state index contributed by atoms with van der Waals surface area (Å²) in [6, 6.07) is 16.6. The Bertz CT molecular complexity index is 962. The van der Waals surface area contributed by atoms with Crippen LogP contribution in [0.1, 0.15) is 16.7 Å². The van der Waals surface area contributed by atoms with Crippen molar-refractivity contribution in [1.82, 2.24) is 9.97 Å². The molecule has 29 heavy (non-hydrogen) atoms. The summed E-state index contributed by atoms with van der Waals surface area (Å²) in [5.41, 5.74) is 3.85. The number of anilines is 2. The Morgan fingerprint density at radius 1 is 0.966 bits per heavy atom. The average Bonchev–Trinajstić information content (AvgIpc) is 2.78. The van der Waals surface area contributed by atoms with Gasteiger partial charge in [0.2, 0.25) is 0 Å². The minimum Gasteiger partial charge on any atom is -0.493 e. The SMILES string of the molecule is COc1cc2c(cc1OC)CN(c1cc(NCCc3ccccc3)ncn1)CC2. The molecule has 0 fully saturated rings. The van der Waals surface area contributed by atoms with Crippen molar-refractivity contribution in [1.29, 1.82) is 0 Å². The van der Waals surface area contributed by atoms with Crippen LogP contribution in [0.15, 0.2) is 54.9 Å². The van der Waals surface area contributed by atoms with Gasteiger partial charge in [0.15, 0.2) is 11.5 Å².